The van der Waals surface area contributed by atoms with E-state index in [1.165, 1.54) is 18.4 Å². The Labute approximate surface area is 78.8 Å². The average Bonchev–Trinajstić information content (AvgIpc) is 2.68. The number of methoxy groups -OCH3 is 1. The maximum Gasteiger partial charge on any atom is 0.358 e. The van der Waals surface area contributed by atoms with Gasteiger partial charge in [0.15, 0.2) is 10.7 Å². The molecule has 0 aliphatic heterocycles. The number of aromatic nitrogens is 2. The van der Waals surface area contributed by atoms with Crippen LogP contribution in [-0.4, -0.2) is 22.5 Å². The van der Waals surface area contributed by atoms with Crippen LogP contribution in [-0.2, 0) is 4.74 Å². The van der Waals surface area contributed by atoms with Crippen LogP contribution in [0.4, 0.5) is 0 Å². The minimum Gasteiger partial charge on any atom is -0.464 e. The Kier molecular flexibility index (Phi) is 1.81. The van der Waals surface area contributed by atoms with Gasteiger partial charge in [0.1, 0.15) is 0 Å². The number of carbonyl (C=O) groups is 1. The first-order chi connectivity index (χ1) is 6.24. The molecule has 13 heavy (non-hydrogen) atoms. The van der Waals surface area contributed by atoms with Gasteiger partial charge in [-0.3, -0.25) is 4.40 Å². The second kappa shape index (κ2) is 2.85. The van der Waals surface area contributed by atoms with Gasteiger partial charge >= 0.3 is 5.97 Å². The average molecular weight is 196 g/mol. The quantitative estimate of drug-likeness (QED) is 0.649. The van der Waals surface area contributed by atoms with Crippen molar-refractivity contribution < 1.29 is 9.53 Å². The Morgan fingerprint density at radius 2 is 2.46 bits per heavy atom. The van der Waals surface area contributed by atoms with E-state index in [0.717, 1.165) is 10.7 Å². The molecule has 2 aromatic heterocycles. The lowest BCUT2D eigenvalue weighted by Crippen LogP contribution is -2.03. The van der Waals surface area contributed by atoms with Gasteiger partial charge in [-0.05, 0) is 6.92 Å². The molecule has 0 bridgehead atoms. The van der Waals surface area contributed by atoms with Gasteiger partial charge in [-0.15, -0.1) is 11.3 Å². The zero-order chi connectivity index (χ0) is 9.42. The van der Waals surface area contributed by atoms with E-state index < -0.39 is 0 Å². The molecule has 0 aromatic carbocycles. The van der Waals surface area contributed by atoms with Crippen LogP contribution in [0.15, 0.2) is 11.6 Å². The summed E-state index contributed by atoms with van der Waals surface area (Å²) in [6, 6.07) is 0. The van der Waals surface area contributed by atoms with E-state index in [-0.39, 0.29) is 5.97 Å². The minimum atomic E-state index is -0.381. The summed E-state index contributed by atoms with van der Waals surface area (Å²) in [7, 11) is 1.36. The molecular weight excluding hydrogens is 188 g/mol. The number of carbonyl (C=O) groups excluding carboxylic acids is 1. The third-order valence-corrected chi connectivity index (χ3v) is 2.64. The van der Waals surface area contributed by atoms with Crippen molar-refractivity contribution in [2.24, 2.45) is 0 Å². The Bertz CT molecular complexity index is 458. The molecule has 0 N–H and O–H groups in total. The van der Waals surface area contributed by atoms with Crippen LogP contribution in [0, 0.1) is 6.92 Å². The van der Waals surface area contributed by atoms with Crippen LogP contribution >= 0.6 is 11.3 Å². The van der Waals surface area contributed by atoms with Crippen molar-refractivity contribution in [2.75, 3.05) is 7.11 Å². The van der Waals surface area contributed by atoms with Crippen LogP contribution in [0.3, 0.4) is 0 Å². The molecule has 0 radical (unpaired) electrons. The second-order valence-electron chi connectivity index (χ2n) is 2.59. The highest BCUT2D eigenvalue weighted by Gasteiger charge is 2.16. The molecule has 0 unspecified atom stereocenters. The first kappa shape index (κ1) is 8.25. The van der Waals surface area contributed by atoms with Crippen LogP contribution in [0.25, 0.3) is 4.96 Å². The Balaban J connectivity index is 2.64. The number of nitrogens with zero attached hydrogens (tertiary/aromatic N) is 2. The van der Waals surface area contributed by atoms with E-state index in [1.54, 1.807) is 0 Å². The monoisotopic (exact) mass is 196 g/mol. The molecule has 2 aromatic rings. The maximum absolute atomic E-state index is 11.2. The molecule has 0 fully saturated rings. The van der Waals surface area contributed by atoms with E-state index in [9.17, 15) is 4.79 Å². The first-order valence-electron chi connectivity index (χ1n) is 3.74. The normalized spacial score (nSPS) is 10.6. The third kappa shape index (κ3) is 1.12. The summed E-state index contributed by atoms with van der Waals surface area (Å²) in [5.41, 5.74) is 1.22. The largest absolute Gasteiger partial charge is 0.464 e. The predicted octanol–water partition coefficient (Wildman–Crippen LogP) is 1.49. The fraction of sp³-hybridized carbons (Fsp3) is 0.250. The second-order valence-corrected chi connectivity index (χ2v) is 3.47. The molecule has 2 rings (SSSR count). The summed E-state index contributed by atoms with van der Waals surface area (Å²) < 4.78 is 6.48. The van der Waals surface area contributed by atoms with Gasteiger partial charge in [-0.2, -0.15) is 0 Å². The molecule has 0 saturated carbocycles. The van der Waals surface area contributed by atoms with Gasteiger partial charge in [0, 0.05) is 11.6 Å². The van der Waals surface area contributed by atoms with Gasteiger partial charge < -0.3 is 4.74 Å². The number of hydrogen-bond donors (Lipinski definition) is 0. The number of rotatable bonds is 1. The lowest BCUT2D eigenvalue weighted by Gasteiger charge is -1.94. The van der Waals surface area contributed by atoms with E-state index in [2.05, 4.69) is 9.72 Å². The van der Waals surface area contributed by atoms with Crippen molar-refractivity contribution in [1.29, 1.82) is 0 Å². The lowest BCUT2D eigenvalue weighted by molar-refractivity contribution is 0.0594. The van der Waals surface area contributed by atoms with E-state index in [1.807, 2.05) is 22.9 Å². The molecule has 68 valence electrons. The fourth-order valence-corrected chi connectivity index (χ4v) is 1.95. The van der Waals surface area contributed by atoms with Crippen LogP contribution < -0.4 is 0 Å². The lowest BCUT2D eigenvalue weighted by atomic mass is 10.3. The number of fused-ring (bicyclic) bond motifs is 1. The van der Waals surface area contributed by atoms with Crippen molar-refractivity contribution in [3.63, 3.8) is 0 Å². The topological polar surface area (TPSA) is 43.6 Å². The van der Waals surface area contributed by atoms with Crippen molar-refractivity contribution >= 4 is 22.3 Å². The number of ether oxygens (including phenoxy) is 1. The predicted molar refractivity (Wildman–Crippen MR) is 49.1 cm³/mol. The van der Waals surface area contributed by atoms with Crippen LogP contribution in [0.5, 0.6) is 0 Å². The zero-order valence-corrected chi connectivity index (χ0v) is 8.09. The number of esters is 1. The molecule has 4 nitrogen and oxygen atoms in total. The first-order valence-corrected chi connectivity index (χ1v) is 4.62. The molecule has 0 atom stereocenters. The van der Waals surface area contributed by atoms with Crippen LogP contribution in [0.2, 0.25) is 0 Å². The summed E-state index contributed by atoms with van der Waals surface area (Å²) in [6.07, 6.45) is 1.88. The number of aryl methyl sites for hydroxylation is 1. The Hall–Kier alpha value is -1.36. The summed E-state index contributed by atoms with van der Waals surface area (Å²) in [5, 5.41) is 1.93. The molecule has 0 saturated heterocycles. The van der Waals surface area contributed by atoms with Crippen molar-refractivity contribution in [3.8, 4) is 0 Å². The van der Waals surface area contributed by atoms with Gasteiger partial charge in [-0.1, -0.05) is 0 Å². The standard InChI is InChI=1S/C8H8N2O2S/c1-5-6(7(11)12-2)9-8-10(5)3-4-13-8/h3-4H,1-2H3. The Morgan fingerprint density at radius 3 is 3.08 bits per heavy atom. The summed E-state index contributed by atoms with van der Waals surface area (Å²) in [6.45, 7) is 1.85. The minimum absolute atomic E-state index is 0.381. The molecule has 0 aliphatic rings. The molecular formula is C8H8N2O2S. The van der Waals surface area contributed by atoms with E-state index in [4.69, 9.17) is 0 Å². The Morgan fingerprint density at radius 1 is 1.69 bits per heavy atom. The third-order valence-electron chi connectivity index (χ3n) is 1.88. The highest BCUT2D eigenvalue weighted by atomic mass is 32.1. The SMILES string of the molecule is COC(=O)c1nc2sccn2c1C. The van der Waals surface area contributed by atoms with Crippen molar-refractivity contribution in [2.45, 2.75) is 6.92 Å². The highest BCUT2D eigenvalue weighted by molar-refractivity contribution is 7.15. The number of thiazole rings is 1. The van der Waals surface area contributed by atoms with Gasteiger partial charge in [-0.25, -0.2) is 9.78 Å². The van der Waals surface area contributed by atoms with Gasteiger partial charge in [0.05, 0.1) is 12.8 Å². The molecule has 0 amide bonds. The number of imidazole rings is 1. The molecule has 5 heteroatoms. The molecule has 0 aliphatic carbocycles. The fourth-order valence-electron chi connectivity index (χ4n) is 1.19. The van der Waals surface area contributed by atoms with E-state index >= 15 is 0 Å². The van der Waals surface area contributed by atoms with Gasteiger partial charge in [0.2, 0.25) is 0 Å². The summed E-state index contributed by atoms with van der Waals surface area (Å²) >= 11 is 1.49. The number of hydrogen-bond acceptors (Lipinski definition) is 4. The highest BCUT2D eigenvalue weighted by Crippen LogP contribution is 2.16. The molecule has 2 heterocycles. The summed E-state index contributed by atoms with van der Waals surface area (Å²) in [4.78, 5) is 16.2. The van der Waals surface area contributed by atoms with Gasteiger partial charge in [0.25, 0.3) is 0 Å². The van der Waals surface area contributed by atoms with Crippen molar-refractivity contribution in [3.05, 3.63) is 23.0 Å². The zero-order valence-electron chi connectivity index (χ0n) is 7.27. The van der Waals surface area contributed by atoms with Crippen LogP contribution in [0.1, 0.15) is 16.2 Å². The van der Waals surface area contributed by atoms with Crippen molar-refractivity contribution in [1.82, 2.24) is 9.38 Å². The summed E-state index contributed by atoms with van der Waals surface area (Å²) in [5.74, 6) is -0.381. The van der Waals surface area contributed by atoms with E-state index in [0.29, 0.717) is 5.69 Å². The molecule has 0 spiro atoms. The smallest absolute Gasteiger partial charge is 0.358 e. The maximum atomic E-state index is 11.2.